The lowest BCUT2D eigenvalue weighted by molar-refractivity contribution is 0.111. The van der Waals surface area contributed by atoms with Gasteiger partial charge in [-0.2, -0.15) is 5.26 Å². The van der Waals surface area contributed by atoms with E-state index in [1.807, 2.05) is 6.07 Å². The molecule has 0 saturated heterocycles. The lowest BCUT2D eigenvalue weighted by atomic mass is 10.0. The highest BCUT2D eigenvalue weighted by Gasteiger charge is 2.29. The minimum absolute atomic E-state index is 0.178. The number of nitriles is 1. The Morgan fingerprint density at radius 2 is 2.25 bits per heavy atom. The lowest BCUT2D eigenvalue weighted by Crippen LogP contribution is -2.40. The van der Waals surface area contributed by atoms with Gasteiger partial charge in [0.2, 0.25) is 0 Å². The Balaban J connectivity index is 1.86. The Bertz CT molecular complexity index is 829. The molecule has 1 aliphatic rings. The number of hydrogen-bond acceptors (Lipinski definition) is 6. The molecule has 120 valence electrons. The van der Waals surface area contributed by atoms with E-state index < -0.39 is 12.1 Å². The van der Waals surface area contributed by atoms with Crippen LogP contribution in [-0.2, 0) is 0 Å². The number of urea groups is 1. The minimum atomic E-state index is -0.731. The number of aliphatic hydroxyl groups excluding tert-OH is 1. The number of pyridine rings is 2. The van der Waals surface area contributed by atoms with Crippen LogP contribution in [0.5, 0.6) is 0 Å². The first-order valence-corrected chi connectivity index (χ1v) is 7.21. The van der Waals surface area contributed by atoms with E-state index in [1.54, 1.807) is 12.1 Å². The first kappa shape index (κ1) is 15.6. The zero-order valence-electron chi connectivity index (χ0n) is 12.5. The highest BCUT2D eigenvalue weighted by Crippen LogP contribution is 2.32. The molecule has 1 unspecified atom stereocenters. The molecule has 1 aliphatic heterocycles. The van der Waals surface area contributed by atoms with Gasteiger partial charge in [-0.15, -0.1) is 0 Å². The minimum Gasteiger partial charge on any atom is -0.388 e. The molecule has 3 rings (SSSR count). The molecule has 2 N–H and O–H groups in total. The predicted octanol–water partition coefficient (Wildman–Crippen LogP) is 1.64. The largest absolute Gasteiger partial charge is 0.388 e. The van der Waals surface area contributed by atoms with E-state index in [2.05, 4.69) is 15.3 Å². The van der Waals surface area contributed by atoms with Crippen LogP contribution in [0.1, 0.15) is 34.1 Å². The van der Waals surface area contributed by atoms with Crippen molar-refractivity contribution in [3.63, 3.8) is 0 Å². The molecular formula is C16H13N5O3. The summed E-state index contributed by atoms with van der Waals surface area (Å²) in [5.74, 6) is 0.544. The summed E-state index contributed by atoms with van der Waals surface area (Å²) >= 11 is 0. The molecule has 8 heteroatoms. The second-order valence-electron chi connectivity index (χ2n) is 5.20. The van der Waals surface area contributed by atoms with Crippen LogP contribution in [0.25, 0.3) is 0 Å². The number of nitrogens with zero attached hydrogens (tertiary/aromatic N) is 4. The number of fused-ring (bicyclic) bond motifs is 1. The second-order valence-corrected chi connectivity index (χ2v) is 5.20. The van der Waals surface area contributed by atoms with E-state index in [0.29, 0.717) is 29.7 Å². The smallest absolute Gasteiger partial charge is 0.328 e. The predicted molar refractivity (Wildman–Crippen MR) is 84.5 cm³/mol. The van der Waals surface area contributed by atoms with Gasteiger partial charge in [0, 0.05) is 18.3 Å². The molecule has 0 bridgehead atoms. The van der Waals surface area contributed by atoms with Crippen LogP contribution in [-0.4, -0.2) is 33.9 Å². The zero-order valence-corrected chi connectivity index (χ0v) is 12.5. The van der Waals surface area contributed by atoms with Crippen molar-refractivity contribution in [2.24, 2.45) is 0 Å². The van der Waals surface area contributed by atoms with E-state index in [-0.39, 0.29) is 18.1 Å². The molecule has 0 radical (unpaired) electrons. The van der Waals surface area contributed by atoms with Crippen molar-refractivity contribution >= 4 is 24.0 Å². The number of amides is 2. The van der Waals surface area contributed by atoms with Gasteiger partial charge in [0.25, 0.3) is 0 Å². The normalized spacial score (nSPS) is 16.0. The summed E-state index contributed by atoms with van der Waals surface area (Å²) in [6.07, 6.45) is 1.57. The third kappa shape index (κ3) is 2.93. The fraction of sp³-hybridized carbons (Fsp3) is 0.188. The molecule has 0 fully saturated rings. The van der Waals surface area contributed by atoms with Crippen LogP contribution in [0.4, 0.5) is 16.4 Å². The Kier molecular flexibility index (Phi) is 4.18. The van der Waals surface area contributed by atoms with Gasteiger partial charge in [-0.05, 0) is 24.6 Å². The first-order valence-electron chi connectivity index (χ1n) is 7.21. The number of carbonyl (C=O) groups excluding carboxylic acids is 2. The fourth-order valence-corrected chi connectivity index (χ4v) is 2.44. The summed E-state index contributed by atoms with van der Waals surface area (Å²) in [5.41, 5.74) is 1.06. The number of aliphatic hydroxyl groups is 1. The van der Waals surface area contributed by atoms with Crippen molar-refractivity contribution in [1.29, 1.82) is 5.26 Å². The van der Waals surface area contributed by atoms with Gasteiger partial charge >= 0.3 is 6.03 Å². The van der Waals surface area contributed by atoms with Crippen molar-refractivity contribution in [2.75, 3.05) is 16.8 Å². The van der Waals surface area contributed by atoms with E-state index in [0.717, 1.165) is 0 Å². The number of carbonyl (C=O) groups is 2. The summed E-state index contributed by atoms with van der Waals surface area (Å²) in [4.78, 5) is 32.9. The standard InChI is InChI=1S/C16H13N5O3/c17-7-10-1-4-14(18-8-10)20-16(24)21-6-5-13(23)12-3-2-11(9-22)19-15(12)21/h1-4,8-9,13,23H,5-6H2,(H,18,20,24). The van der Waals surface area contributed by atoms with Crippen molar-refractivity contribution in [3.8, 4) is 6.07 Å². The van der Waals surface area contributed by atoms with Crippen LogP contribution in [0.2, 0.25) is 0 Å². The third-order valence-corrected chi connectivity index (χ3v) is 3.66. The number of rotatable bonds is 2. The number of hydrogen-bond donors (Lipinski definition) is 2. The lowest BCUT2D eigenvalue weighted by Gasteiger charge is -2.31. The average Bonchev–Trinajstić information content (AvgIpc) is 2.62. The van der Waals surface area contributed by atoms with Gasteiger partial charge in [0.15, 0.2) is 6.29 Å². The fourth-order valence-electron chi connectivity index (χ4n) is 2.44. The third-order valence-electron chi connectivity index (χ3n) is 3.66. The molecule has 0 spiro atoms. The molecule has 2 aromatic rings. The quantitative estimate of drug-likeness (QED) is 0.811. The Morgan fingerprint density at radius 1 is 1.42 bits per heavy atom. The second kappa shape index (κ2) is 6.44. The van der Waals surface area contributed by atoms with Crippen molar-refractivity contribution in [1.82, 2.24) is 9.97 Å². The van der Waals surface area contributed by atoms with Gasteiger partial charge in [-0.1, -0.05) is 6.07 Å². The maximum Gasteiger partial charge on any atom is 0.328 e. The maximum atomic E-state index is 12.5. The molecule has 8 nitrogen and oxygen atoms in total. The van der Waals surface area contributed by atoms with E-state index in [9.17, 15) is 14.7 Å². The van der Waals surface area contributed by atoms with E-state index >= 15 is 0 Å². The Labute approximate surface area is 137 Å². The van der Waals surface area contributed by atoms with Crippen molar-refractivity contribution in [3.05, 3.63) is 47.3 Å². The molecule has 3 heterocycles. The molecule has 24 heavy (non-hydrogen) atoms. The number of anilines is 2. The molecule has 0 aromatic carbocycles. The monoisotopic (exact) mass is 323 g/mol. The van der Waals surface area contributed by atoms with Gasteiger partial charge in [-0.3, -0.25) is 15.0 Å². The summed E-state index contributed by atoms with van der Waals surface area (Å²) in [6.45, 7) is 0.256. The molecular weight excluding hydrogens is 310 g/mol. The van der Waals surface area contributed by atoms with Crippen LogP contribution in [0.15, 0.2) is 30.5 Å². The molecule has 2 aromatic heterocycles. The summed E-state index contributed by atoms with van der Waals surface area (Å²) < 4.78 is 0. The maximum absolute atomic E-state index is 12.5. The first-order chi connectivity index (χ1) is 11.6. The van der Waals surface area contributed by atoms with Crippen molar-refractivity contribution in [2.45, 2.75) is 12.5 Å². The molecule has 1 atom stereocenters. The number of aldehydes is 1. The topological polar surface area (TPSA) is 119 Å². The van der Waals surface area contributed by atoms with Crippen LogP contribution >= 0.6 is 0 Å². The highest BCUT2D eigenvalue weighted by molar-refractivity contribution is 6.01. The van der Waals surface area contributed by atoms with Crippen LogP contribution < -0.4 is 10.2 Å². The van der Waals surface area contributed by atoms with Crippen LogP contribution in [0, 0.1) is 11.3 Å². The van der Waals surface area contributed by atoms with E-state index in [1.165, 1.54) is 23.2 Å². The van der Waals surface area contributed by atoms with Gasteiger partial charge in [-0.25, -0.2) is 14.8 Å². The SMILES string of the molecule is N#Cc1ccc(NC(=O)N2CCC(O)c3ccc(C=O)nc32)nc1. The highest BCUT2D eigenvalue weighted by atomic mass is 16.3. The van der Waals surface area contributed by atoms with Crippen molar-refractivity contribution < 1.29 is 14.7 Å². The average molecular weight is 323 g/mol. The molecule has 2 amide bonds. The summed E-state index contributed by atoms with van der Waals surface area (Å²) in [7, 11) is 0. The zero-order chi connectivity index (χ0) is 17.1. The summed E-state index contributed by atoms with van der Waals surface area (Å²) in [6, 6.07) is 7.62. The number of nitrogens with one attached hydrogen (secondary N) is 1. The number of aromatic nitrogens is 2. The Morgan fingerprint density at radius 3 is 2.92 bits per heavy atom. The summed E-state index contributed by atoms with van der Waals surface area (Å²) in [5, 5.41) is 21.4. The van der Waals surface area contributed by atoms with Gasteiger partial charge < -0.3 is 5.11 Å². The molecule has 0 aliphatic carbocycles. The van der Waals surface area contributed by atoms with Gasteiger partial charge in [0.1, 0.15) is 23.4 Å². The Hall–Kier alpha value is -3.31. The van der Waals surface area contributed by atoms with Crippen LogP contribution in [0.3, 0.4) is 0 Å². The van der Waals surface area contributed by atoms with E-state index in [4.69, 9.17) is 5.26 Å². The van der Waals surface area contributed by atoms with Gasteiger partial charge in [0.05, 0.1) is 11.7 Å². The molecule has 0 saturated carbocycles.